The highest BCUT2D eigenvalue weighted by Gasteiger charge is 2.22. The van der Waals surface area contributed by atoms with E-state index in [1.165, 1.54) is 12.2 Å². The number of rotatable bonds is 7. The number of nitrogens with one attached hydrogen (secondary N) is 2. The zero-order chi connectivity index (χ0) is 27.9. The predicted octanol–water partition coefficient (Wildman–Crippen LogP) is 6.88. The smallest absolute Gasteiger partial charge is 0.250 e. The van der Waals surface area contributed by atoms with Crippen molar-refractivity contribution >= 4 is 81.4 Å². The molecule has 0 aliphatic carbocycles. The standard InChI is InChI=1S/C28H27Cl3N4O3S/c1-2-3-27(37)35-12-10-34(11-13-35)24-7-4-21(17-23(24)31)32-28(39)33-26(36)9-6-22-5-8-25(38-22)18-14-19(29)16-20(30)15-18/h4-9,14-17H,2-3,10-13H2,1H3,(H2,32,33,36,39)/b9-6+. The number of carbonyl (C=O) groups excluding carboxylic acids is 2. The van der Waals surface area contributed by atoms with E-state index in [2.05, 4.69) is 15.5 Å². The second kappa shape index (κ2) is 13.3. The number of carbonyl (C=O) groups is 2. The van der Waals surface area contributed by atoms with Crippen LogP contribution in [0.4, 0.5) is 11.4 Å². The van der Waals surface area contributed by atoms with E-state index < -0.39 is 5.91 Å². The number of hydrogen-bond donors (Lipinski definition) is 2. The molecular weight excluding hydrogens is 579 g/mol. The molecule has 1 aliphatic heterocycles. The summed E-state index contributed by atoms with van der Waals surface area (Å²) in [6, 6.07) is 14.1. The molecule has 1 fully saturated rings. The molecule has 2 heterocycles. The zero-order valence-electron chi connectivity index (χ0n) is 21.2. The number of piperazine rings is 1. The van der Waals surface area contributed by atoms with Crippen molar-refractivity contribution < 1.29 is 14.0 Å². The van der Waals surface area contributed by atoms with Crippen LogP contribution in [0.5, 0.6) is 0 Å². The summed E-state index contributed by atoms with van der Waals surface area (Å²) in [7, 11) is 0. The molecule has 4 rings (SSSR count). The van der Waals surface area contributed by atoms with Gasteiger partial charge in [0.1, 0.15) is 11.5 Å². The fourth-order valence-electron chi connectivity index (χ4n) is 4.18. The Hall–Kier alpha value is -3.04. The first-order valence-electron chi connectivity index (χ1n) is 12.4. The van der Waals surface area contributed by atoms with Crippen LogP contribution in [0, 0.1) is 0 Å². The van der Waals surface area contributed by atoms with E-state index >= 15 is 0 Å². The summed E-state index contributed by atoms with van der Waals surface area (Å²) >= 11 is 23.9. The highest BCUT2D eigenvalue weighted by atomic mass is 35.5. The Morgan fingerprint density at radius 2 is 1.72 bits per heavy atom. The van der Waals surface area contributed by atoms with E-state index in [0.717, 1.165) is 17.7 Å². The fraction of sp³-hybridized carbons (Fsp3) is 0.250. The van der Waals surface area contributed by atoms with Gasteiger partial charge >= 0.3 is 0 Å². The van der Waals surface area contributed by atoms with Gasteiger partial charge in [-0.2, -0.15) is 0 Å². The van der Waals surface area contributed by atoms with Crippen molar-refractivity contribution in [3.8, 4) is 11.3 Å². The molecule has 0 saturated carbocycles. The van der Waals surface area contributed by atoms with Crippen molar-refractivity contribution in [1.29, 1.82) is 0 Å². The predicted molar refractivity (Wildman–Crippen MR) is 163 cm³/mol. The fourth-order valence-corrected chi connectivity index (χ4v) is 5.22. The molecule has 39 heavy (non-hydrogen) atoms. The molecule has 7 nitrogen and oxygen atoms in total. The average Bonchev–Trinajstić information content (AvgIpc) is 3.37. The summed E-state index contributed by atoms with van der Waals surface area (Å²) in [5.41, 5.74) is 2.27. The molecule has 1 saturated heterocycles. The maximum absolute atomic E-state index is 12.4. The number of benzene rings is 2. The van der Waals surface area contributed by atoms with Crippen molar-refractivity contribution in [3.63, 3.8) is 0 Å². The maximum Gasteiger partial charge on any atom is 0.250 e. The van der Waals surface area contributed by atoms with Gasteiger partial charge < -0.3 is 19.5 Å². The third-order valence-electron chi connectivity index (χ3n) is 6.05. The number of hydrogen-bond acceptors (Lipinski definition) is 5. The van der Waals surface area contributed by atoms with Gasteiger partial charge in [0.2, 0.25) is 11.8 Å². The second-order valence-electron chi connectivity index (χ2n) is 8.92. The summed E-state index contributed by atoms with van der Waals surface area (Å²) in [5, 5.41) is 7.26. The van der Waals surface area contributed by atoms with Crippen molar-refractivity contribution in [2.24, 2.45) is 0 Å². The third kappa shape index (κ3) is 7.99. The van der Waals surface area contributed by atoms with Gasteiger partial charge in [0.05, 0.1) is 10.7 Å². The van der Waals surface area contributed by atoms with Gasteiger partial charge in [-0.05, 0) is 73.2 Å². The number of halogens is 3. The van der Waals surface area contributed by atoms with Crippen LogP contribution in [0.2, 0.25) is 15.1 Å². The van der Waals surface area contributed by atoms with E-state index in [1.807, 2.05) is 24.0 Å². The number of amides is 2. The van der Waals surface area contributed by atoms with Crippen LogP contribution in [-0.4, -0.2) is 48.0 Å². The summed E-state index contributed by atoms with van der Waals surface area (Å²) in [6.45, 7) is 4.79. The normalized spacial score (nSPS) is 13.5. The lowest BCUT2D eigenvalue weighted by Gasteiger charge is -2.36. The van der Waals surface area contributed by atoms with Gasteiger partial charge in [-0.25, -0.2) is 0 Å². The molecule has 2 amide bonds. The molecule has 0 spiro atoms. The molecule has 0 unspecified atom stereocenters. The molecule has 1 aromatic heterocycles. The van der Waals surface area contributed by atoms with Crippen LogP contribution in [0.1, 0.15) is 25.5 Å². The highest BCUT2D eigenvalue weighted by Crippen LogP contribution is 2.30. The molecule has 3 aromatic rings. The first-order valence-corrected chi connectivity index (χ1v) is 13.9. The number of nitrogens with zero attached hydrogens (tertiary/aromatic N) is 2. The van der Waals surface area contributed by atoms with E-state index in [9.17, 15) is 9.59 Å². The van der Waals surface area contributed by atoms with E-state index in [-0.39, 0.29) is 11.0 Å². The van der Waals surface area contributed by atoms with E-state index in [0.29, 0.717) is 64.9 Å². The first-order chi connectivity index (χ1) is 18.7. The van der Waals surface area contributed by atoms with Gasteiger partial charge in [0, 0.05) is 60.0 Å². The summed E-state index contributed by atoms with van der Waals surface area (Å²) in [6.07, 6.45) is 4.29. The molecule has 2 N–H and O–H groups in total. The second-order valence-corrected chi connectivity index (χ2v) is 10.6. The van der Waals surface area contributed by atoms with Gasteiger partial charge in [0.15, 0.2) is 5.11 Å². The molecule has 0 radical (unpaired) electrons. The summed E-state index contributed by atoms with van der Waals surface area (Å²) in [5.74, 6) is 0.830. The minimum atomic E-state index is -0.422. The summed E-state index contributed by atoms with van der Waals surface area (Å²) < 4.78 is 5.76. The lowest BCUT2D eigenvalue weighted by molar-refractivity contribution is -0.131. The van der Waals surface area contributed by atoms with Crippen LogP contribution < -0.4 is 15.5 Å². The van der Waals surface area contributed by atoms with Crippen LogP contribution >= 0.6 is 47.0 Å². The van der Waals surface area contributed by atoms with Gasteiger partial charge in [-0.15, -0.1) is 0 Å². The quantitative estimate of drug-likeness (QED) is 0.226. The first kappa shape index (κ1) is 29.0. The highest BCUT2D eigenvalue weighted by molar-refractivity contribution is 7.80. The molecule has 0 bridgehead atoms. The lowest BCUT2D eigenvalue weighted by atomic mass is 10.2. The van der Waals surface area contributed by atoms with Crippen LogP contribution in [-0.2, 0) is 9.59 Å². The molecule has 0 atom stereocenters. The number of thiocarbonyl (C=S) groups is 1. The Morgan fingerprint density at radius 1 is 1.00 bits per heavy atom. The molecule has 2 aromatic carbocycles. The largest absolute Gasteiger partial charge is 0.457 e. The Bertz CT molecular complexity index is 1380. The SMILES string of the molecule is CCCC(=O)N1CCN(c2ccc(NC(=S)NC(=O)/C=C/c3ccc(-c4cc(Cl)cc(Cl)c4)o3)cc2Cl)CC1. The summed E-state index contributed by atoms with van der Waals surface area (Å²) in [4.78, 5) is 28.6. The lowest BCUT2D eigenvalue weighted by Crippen LogP contribution is -2.48. The minimum absolute atomic E-state index is 0.130. The van der Waals surface area contributed by atoms with Gasteiger partial charge in [-0.1, -0.05) is 41.7 Å². The number of anilines is 2. The monoisotopic (exact) mass is 604 g/mol. The van der Waals surface area contributed by atoms with Crippen molar-refractivity contribution in [3.05, 3.63) is 75.4 Å². The zero-order valence-corrected chi connectivity index (χ0v) is 24.3. The van der Waals surface area contributed by atoms with Crippen molar-refractivity contribution in [1.82, 2.24) is 10.2 Å². The van der Waals surface area contributed by atoms with Crippen LogP contribution in [0.3, 0.4) is 0 Å². The number of furan rings is 1. The van der Waals surface area contributed by atoms with Crippen molar-refractivity contribution in [2.75, 3.05) is 36.4 Å². The van der Waals surface area contributed by atoms with E-state index in [1.54, 1.807) is 36.4 Å². The van der Waals surface area contributed by atoms with E-state index in [4.69, 9.17) is 51.4 Å². The van der Waals surface area contributed by atoms with Crippen LogP contribution in [0.15, 0.2) is 59.0 Å². The molecule has 1 aliphatic rings. The van der Waals surface area contributed by atoms with Gasteiger partial charge in [-0.3, -0.25) is 14.9 Å². The Morgan fingerprint density at radius 3 is 2.38 bits per heavy atom. The van der Waals surface area contributed by atoms with Crippen molar-refractivity contribution in [2.45, 2.75) is 19.8 Å². The molecule has 204 valence electrons. The topological polar surface area (TPSA) is 77.8 Å². The minimum Gasteiger partial charge on any atom is -0.457 e. The third-order valence-corrected chi connectivity index (χ3v) is 7.00. The Labute approximate surface area is 247 Å². The average molecular weight is 606 g/mol. The Kier molecular flexibility index (Phi) is 9.91. The maximum atomic E-state index is 12.4. The van der Waals surface area contributed by atoms with Crippen LogP contribution in [0.25, 0.3) is 17.4 Å². The Balaban J connectivity index is 1.28. The molecule has 11 heteroatoms. The van der Waals surface area contributed by atoms with Gasteiger partial charge in [0.25, 0.3) is 0 Å². The molecular formula is C28H27Cl3N4O3S.